The molecule has 9 heteroatoms. The van der Waals surface area contributed by atoms with Gasteiger partial charge in [0.2, 0.25) is 0 Å². The molecule has 1 aromatic carbocycles. The number of urea groups is 1. The Kier molecular flexibility index (Phi) is 8.03. The molecule has 1 aromatic rings. The van der Waals surface area contributed by atoms with Gasteiger partial charge >= 0.3 is 12.0 Å². The Hall–Kier alpha value is -2.29. The van der Waals surface area contributed by atoms with Gasteiger partial charge in [0, 0.05) is 5.69 Å². The second kappa shape index (κ2) is 9.76. The van der Waals surface area contributed by atoms with E-state index in [1.54, 1.807) is 0 Å². The molecule has 0 saturated carbocycles. The van der Waals surface area contributed by atoms with E-state index in [0.29, 0.717) is 17.9 Å². The summed E-state index contributed by atoms with van der Waals surface area (Å²) in [5.41, 5.74) is 5.41. The molecule has 0 spiro atoms. The lowest BCUT2D eigenvalue weighted by atomic mass is 10.2. The molecule has 0 radical (unpaired) electrons. The van der Waals surface area contributed by atoms with Crippen LogP contribution < -0.4 is 16.4 Å². The van der Waals surface area contributed by atoms with Crippen molar-refractivity contribution < 1.29 is 23.5 Å². The summed E-state index contributed by atoms with van der Waals surface area (Å²) in [4.78, 5) is 35.0. The van der Waals surface area contributed by atoms with Gasteiger partial charge < -0.3 is 21.1 Å². The minimum absolute atomic E-state index is 0.329. The number of esters is 1. The highest BCUT2D eigenvalue weighted by molar-refractivity contribution is 7.98. The van der Waals surface area contributed by atoms with Crippen LogP contribution in [0, 0.1) is 5.82 Å². The molecule has 0 aliphatic carbocycles. The zero-order chi connectivity index (χ0) is 18.1. The summed E-state index contributed by atoms with van der Waals surface area (Å²) in [5.74, 6) is -1.14. The number of benzene rings is 1. The number of halogens is 1. The fraction of sp³-hybridized carbons (Fsp3) is 0.400. The molecule has 0 bridgehead atoms. The Morgan fingerprint density at radius 2 is 1.92 bits per heavy atom. The number of ether oxygens (including phenoxy) is 1. The van der Waals surface area contributed by atoms with E-state index >= 15 is 0 Å². The van der Waals surface area contributed by atoms with E-state index in [1.165, 1.54) is 43.0 Å². The third-order valence-corrected chi connectivity index (χ3v) is 3.63. The van der Waals surface area contributed by atoms with Crippen LogP contribution in [0.2, 0.25) is 0 Å². The quantitative estimate of drug-likeness (QED) is 0.611. The molecule has 2 atom stereocenters. The zero-order valence-corrected chi connectivity index (χ0v) is 14.2. The lowest BCUT2D eigenvalue weighted by Crippen LogP contribution is -2.46. The number of carbonyl (C=O) groups excluding carboxylic acids is 3. The van der Waals surface area contributed by atoms with Crippen molar-refractivity contribution in [3.05, 3.63) is 30.1 Å². The van der Waals surface area contributed by atoms with E-state index < -0.39 is 35.9 Å². The topological polar surface area (TPSA) is 111 Å². The average Bonchev–Trinajstić information content (AvgIpc) is 2.53. The maximum atomic E-state index is 12.8. The maximum Gasteiger partial charge on any atom is 0.329 e. The van der Waals surface area contributed by atoms with E-state index in [-0.39, 0.29) is 0 Å². The van der Waals surface area contributed by atoms with Gasteiger partial charge in [-0.2, -0.15) is 11.8 Å². The second-order valence-corrected chi connectivity index (χ2v) is 5.90. The first-order chi connectivity index (χ1) is 11.3. The average molecular weight is 357 g/mol. The summed E-state index contributed by atoms with van der Waals surface area (Å²) in [6.45, 7) is 1.40. The summed E-state index contributed by atoms with van der Waals surface area (Å²) in [5, 5.41) is 4.79. The van der Waals surface area contributed by atoms with E-state index in [2.05, 4.69) is 10.6 Å². The van der Waals surface area contributed by atoms with Gasteiger partial charge in [0.15, 0.2) is 6.10 Å². The van der Waals surface area contributed by atoms with E-state index in [1.807, 2.05) is 6.26 Å². The molecule has 7 nitrogen and oxygen atoms in total. The smallest absolute Gasteiger partial charge is 0.329 e. The number of amides is 3. The predicted molar refractivity (Wildman–Crippen MR) is 90.1 cm³/mol. The van der Waals surface area contributed by atoms with Crippen LogP contribution >= 0.6 is 11.8 Å². The first kappa shape index (κ1) is 19.8. The molecule has 0 aliphatic heterocycles. The lowest BCUT2D eigenvalue weighted by molar-refractivity contribution is -0.155. The largest absolute Gasteiger partial charge is 0.451 e. The Labute approximate surface area is 143 Å². The summed E-state index contributed by atoms with van der Waals surface area (Å²) in [6, 6.07) is 3.40. The Morgan fingerprint density at radius 1 is 1.29 bits per heavy atom. The Morgan fingerprint density at radius 3 is 2.46 bits per heavy atom. The van der Waals surface area contributed by atoms with Crippen molar-refractivity contribution >= 4 is 35.4 Å². The molecule has 0 heterocycles. The van der Waals surface area contributed by atoms with Crippen LogP contribution in [-0.2, 0) is 14.3 Å². The number of nitrogens with two attached hydrogens (primary N) is 1. The zero-order valence-electron chi connectivity index (χ0n) is 13.4. The molecule has 24 heavy (non-hydrogen) atoms. The summed E-state index contributed by atoms with van der Waals surface area (Å²) < 4.78 is 17.9. The highest BCUT2D eigenvalue weighted by atomic mass is 32.2. The molecule has 4 N–H and O–H groups in total. The van der Waals surface area contributed by atoms with Gasteiger partial charge in [-0.3, -0.25) is 4.79 Å². The fourth-order valence-electron chi connectivity index (χ4n) is 1.74. The van der Waals surface area contributed by atoms with Crippen molar-refractivity contribution in [1.29, 1.82) is 0 Å². The van der Waals surface area contributed by atoms with Crippen molar-refractivity contribution in [2.45, 2.75) is 25.5 Å². The Balaban J connectivity index is 2.60. The van der Waals surface area contributed by atoms with E-state index in [4.69, 9.17) is 10.5 Å². The first-order valence-electron chi connectivity index (χ1n) is 7.15. The summed E-state index contributed by atoms with van der Waals surface area (Å²) >= 11 is 1.49. The van der Waals surface area contributed by atoms with E-state index in [0.717, 1.165) is 0 Å². The van der Waals surface area contributed by atoms with Gasteiger partial charge in [-0.1, -0.05) is 0 Å². The highest BCUT2D eigenvalue weighted by Gasteiger charge is 2.25. The number of nitrogens with one attached hydrogen (secondary N) is 2. The number of hydrogen-bond acceptors (Lipinski definition) is 5. The van der Waals surface area contributed by atoms with E-state index in [9.17, 15) is 18.8 Å². The van der Waals surface area contributed by atoms with Crippen LogP contribution in [0.4, 0.5) is 14.9 Å². The minimum Gasteiger partial charge on any atom is -0.451 e. The number of anilines is 1. The molecule has 0 fully saturated rings. The first-order valence-corrected chi connectivity index (χ1v) is 8.54. The summed E-state index contributed by atoms with van der Waals surface area (Å²) in [6.07, 6.45) is 1.09. The van der Waals surface area contributed by atoms with Gasteiger partial charge in [-0.15, -0.1) is 0 Å². The van der Waals surface area contributed by atoms with Crippen molar-refractivity contribution in [3.63, 3.8) is 0 Å². The van der Waals surface area contributed by atoms with Crippen LogP contribution in [0.25, 0.3) is 0 Å². The normalized spacial score (nSPS) is 12.8. The molecular formula is C15H20FN3O4S. The van der Waals surface area contributed by atoms with Gasteiger partial charge in [0.05, 0.1) is 0 Å². The molecule has 0 saturated heterocycles. The predicted octanol–water partition coefficient (Wildman–Crippen LogP) is 1.49. The molecule has 3 amide bonds. The lowest BCUT2D eigenvalue weighted by Gasteiger charge is -2.19. The molecule has 1 rings (SSSR count). The number of carbonyl (C=O) groups is 3. The van der Waals surface area contributed by atoms with Crippen molar-refractivity contribution in [2.75, 3.05) is 17.3 Å². The van der Waals surface area contributed by atoms with Gasteiger partial charge in [-0.25, -0.2) is 14.0 Å². The Bertz CT molecular complexity index is 583. The number of hydrogen-bond donors (Lipinski definition) is 3. The molecule has 0 unspecified atom stereocenters. The summed E-state index contributed by atoms with van der Waals surface area (Å²) in [7, 11) is 0. The number of primary amides is 1. The molecule has 132 valence electrons. The third kappa shape index (κ3) is 6.86. The fourth-order valence-corrected chi connectivity index (χ4v) is 2.21. The standard InChI is InChI=1S/C15H20FN3O4S/c1-9(13(20)18-11-5-3-10(16)4-6-11)23-14(21)12(7-8-24-2)19-15(17)22/h3-6,9,12H,7-8H2,1-2H3,(H,18,20)(H3,17,19,22)/t9-,12-/m1/s1. The van der Waals surface area contributed by atoms with Crippen molar-refractivity contribution in [1.82, 2.24) is 5.32 Å². The molecule has 0 aliphatic rings. The van der Waals surface area contributed by atoms with Gasteiger partial charge in [-0.05, 0) is 49.6 Å². The monoisotopic (exact) mass is 357 g/mol. The highest BCUT2D eigenvalue weighted by Crippen LogP contribution is 2.10. The van der Waals surface area contributed by atoms with Crippen LogP contribution in [0.5, 0.6) is 0 Å². The number of thioether (sulfide) groups is 1. The molecular weight excluding hydrogens is 337 g/mol. The SMILES string of the molecule is CSCC[C@@H](NC(N)=O)C(=O)O[C@H](C)C(=O)Nc1ccc(F)cc1. The van der Waals surface area contributed by atoms with Gasteiger partial charge in [0.25, 0.3) is 5.91 Å². The molecule has 0 aromatic heterocycles. The van der Waals surface area contributed by atoms with Crippen LogP contribution in [0.1, 0.15) is 13.3 Å². The maximum absolute atomic E-state index is 12.8. The van der Waals surface area contributed by atoms with Crippen molar-refractivity contribution in [3.8, 4) is 0 Å². The number of rotatable bonds is 8. The second-order valence-electron chi connectivity index (χ2n) is 4.92. The minimum atomic E-state index is -1.09. The van der Waals surface area contributed by atoms with Gasteiger partial charge in [0.1, 0.15) is 11.9 Å². The van der Waals surface area contributed by atoms with Crippen LogP contribution in [-0.4, -0.2) is 42.1 Å². The van der Waals surface area contributed by atoms with Crippen LogP contribution in [0.3, 0.4) is 0 Å². The van der Waals surface area contributed by atoms with Crippen LogP contribution in [0.15, 0.2) is 24.3 Å². The third-order valence-electron chi connectivity index (χ3n) is 2.99. The van der Waals surface area contributed by atoms with Crippen molar-refractivity contribution in [2.24, 2.45) is 5.73 Å².